The number of hydrogen-bond acceptors (Lipinski definition) is 2. The molecule has 1 N–H and O–H groups in total. The minimum absolute atomic E-state index is 0.226. The Morgan fingerprint density at radius 2 is 2.20 bits per heavy atom. The molecule has 0 aliphatic rings. The van der Waals surface area contributed by atoms with E-state index in [2.05, 4.69) is 6.92 Å². The molecule has 0 amide bonds. The van der Waals surface area contributed by atoms with Crippen molar-refractivity contribution in [2.45, 2.75) is 19.8 Å². The summed E-state index contributed by atoms with van der Waals surface area (Å²) in [5.41, 5.74) is 1.10. The smallest absolute Gasteiger partial charge is 0.122 e. The summed E-state index contributed by atoms with van der Waals surface area (Å²) in [6, 6.07) is 5.62. The van der Waals surface area contributed by atoms with Crippen molar-refractivity contribution in [3.63, 3.8) is 0 Å². The molecule has 1 aromatic rings. The number of ether oxygens (including phenoxy) is 1. The molecule has 0 bridgehead atoms. The third kappa shape index (κ3) is 3.73. The van der Waals surface area contributed by atoms with Gasteiger partial charge in [0.1, 0.15) is 5.75 Å². The Balaban J connectivity index is 2.77. The van der Waals surface area contributed by atoms with Gasteiger partial charge in [0.2, 0.25) is 0 Å². The molecule has 0 aromatic heterocycles. The molecule has 1 aromatic carbocycles. The van der Waals surface area contributed by atoms with Gasteiger partial charge in [-0.1, -0.05) is 18.5 Å². The summed E-state index contributed by atoms with van der Waals surface area (Å²) in [6.45, 7) is 2.33. The highest BCUT2D eigenvalue weighted by atomic mass is 35.5. The van der Waals surface area contributed by atoms with Gasteiger partial charge < -0.3 is 9.84 Å². The number of rotatable bonds is 5. The van der Waals surface area contributed by atoms with Crippen LogP contribution in [-0.2, 0) is 6.42 Å². The molecule has 1 unspecified atom stereocenters. The molecular formula is C12H17ClO2. The lowest BCUT2D eigenvalue weighted by Crippen LogP contribution is -2.03. The zero-order valence-electron chi connectivity index (χ0n) is 9.16. The molecule has 2 nitrogen and oxygen atoms in total. The lowest BCUT2D eigenvalue weighted by atomic mass is 9.98. The Morgan fingerprint density at radius 1 is 1.47 bits per heavy atom. The summed E-state index contributed by atoms with van der Waals surface area (Å²) in [7, 11) is 1.66. The van der Waals surface area contributed by atoms with Crippen molar-refractivity contribution in [3.8, 4) is 5.75 Å². The fourth-order valence-electron chi connectivity index (χ4n) is 1.60. The van der Waals surface area contributed by atoms with Gasteiger partial charge in [-0.05, 0) is 42.5 Å². The molecule has 0 radical (unpaired) electrons. The Kier molecular flexibility index (Phi) is 4.92. The lowest BCUT2D eigenvalue weighted by Gasteiger charge is -2.13. The van der Waals surface area contributed by atoms with Crippen molar-refractivity contribution < 1.29 is 9.84 Å². The van der Waals surface area contributed by atoms with Crippen LogP contribution in [0.4, 0.5) is 0 Å². The van der Waals surface area contributed by atoms with Gasteiger partial charge in [-0.25, -0.2) is 0 Å². The number of methoxy groups -OCH3 is 1. The van der Waals surface area contributed by atoms with E-state index in [1.54, 1.807) is 7.11 Å². The molecule has 1 atom stereocenters. The second-order valence-corrected chi connectivity index (χ2v) is 4.21. The Labute approximate surface area is 95.8 Å². The largest absolute Gasteiger partial charge is 0.496 e. The molecule has 0 aliphatic carbocycles. The van der Waals surface area contributed by atoms with Crippen molar-refractivity contribution in [3.05, 3.63) is 28.8 Å². The molecular weight excluding hydrogens is 212 g/mol. The van der Waals surface area contributed by atoms with E-state index < -0.39 is 0 Å². The first-order chi connectivity index (χ1) is 7.17. The molecule has 0 aliphatic heterocycles. The topological polar surface area (TPSA) is 29.5 Å². The average Bonchev–Trinajstić information content (AvgIpc) is 2.18. The highest BCUT2D eigenvalue weighted by Crippen LogP contribution is 2.25. The molecule has 15 heavy (non-hydrogen) atoms. The highest BCUT2D eigenvalue weighted by Gasteiger charge is 2.08. The minimum Gasteiger partial charge on any atom is -0.496 e. The van der Waals surface area contributed by atoms with Gasteiger partial charge in [-0.2, -0.15) is 0 Å². The first-order valence-corrected chi connectivity index (χ1v) is 5.48. The predicted octanol–water partition coefficient (Wildman–Crippen LogP) is 2.91. The third-order valence-corrected chi connectivity index (χ3v) is 2.67. The van der Waals surface area contributed by atoms with Crippen LogP contribution in [-0.4, -0.2) is 18.8 Å². The van der Waals surface area contributed by atoms with E-state index in [0.29, 0.717) is 5.92 Å². The quantitative estimate of drug-likeness (QED) is 0.840. The first kappa shape index (κ1) is 12.3. The van der Waals surface area contributed by atoms with Gasteiger partial charge in [-0.15, -0.1) is 0 Å². The third-order valence-electron chi connectivity index (χ3n) is 2.43. The number of aliphatic hydroxyl groups excluding tert-OH is 1. The van der Waals surface area contributed by atoms with E-state index >= 15 is 0 Å². The Morgan fingerprint density at radius 3 is 2.80 bits per heavy atom. The summed E-state index contributed by atoms with van der Waals surface area (Å²) in [5.74, 6) is 1.30. The van der Waals surface area contributed by atoms with Crippen molar-refractivity contribution in [2.24, 2.45) is 5.92 Å². The minimum atomic E-state index is 0.226. The van der Waals surface area contributed by atoms with E-state index in [0.717, 1.165) is 29.2 Å². The van der Waals surface area contributed by atoms with Crippen LogP contribution in [0.2, 0.25) is 5.02 Å². The van der Waals surface area contributed by atoms with Crippen LogP contribution in [0.1, 0.15) is 18.9 Å². The molecule has 0 heterocycles. The predicted molar refractivity (Wildman–Crippen MR) is 62.6 cm³/mol. The van der Waals surface area contributed by atoms with E-state index in [1.165, 1.54) is 0 Å². The van der Waals surface area contributed by atoms with Crippen molar-refractivity contribution in [2.75, 3.05) is 13.7 Å². The Bertz CT molecular complexity index is 312. The van der Waals surface area contributed by atoms with Gasteiger partial charge in [0.25, 0.3) is 0 Å². The molecule has 3 heteroatoms. The van der Waals surface area contributed by atoms with Gasteiger partial charge in [0.15, 0.2) is 0 Å². The molecule has 0 spiro atoms. The summed E-state index contributed by atoms with van der Waals surface area (Å²) < 4.78 is 5.26. The molecule has 1 rings (SSSR count). The Hall–Kier alpha value is -0.730. The van der Waals surface area contributed by atoms with Crippen LogP contribution in [0, 0.1) is 5.92 Å². The maximum Gasteiger partial charge on any atom is 0.122 e. The molecule has 0 saturated carbocycles. The molecule has 0 fully saturated rings. The average molecular weight is 229 g/mol. The van der Waals surface area contributed by atoms with Gasteiger partial charge >= 0.3 is 0 Å². The lowest BCUT2D eigenvalue weighted by molar-refractivity contribution is 0.261. The number of aliphatic hydroxyl groups is 1. The molecule has 84 valence electrons. The van der Waals surface area contributed by atoms with Crippen LogP contribution in [0.15, 0.2) is 18.2 Å². The number of halogens is 1. The fourth-order valence-corrected chi connectivity index (χ4v) is 1.80. The van der Waals surface area contributed by atoms with Crippen LogP contribution in [0.5, 0.6) is 5.75 Å². The normalized spacial score (nSPS) is 12.5. The monoisotopic (exact) mass is 228 g/mol. The molecule has 0 saturated heterocycles. The van der Waals surface area contributed by atoms with Crippen molar-refractivity contribution in [1.82, 2.24) is 0 Å². The van der Waals surface area contributed by atoms with Crippen LogP contribution < -0.4 is 4.74 Å². The second kappa shape index (κ2) is 5.99. The van der Waals surface area contributed by atoms with Gasteiger partial charge in [-0.3, -0.25) is 0 Å². The van der Waals surface area contributed by atoms with Crippen LogP contribution >= 0.6 is 11.6 Å². The SMILES string of the molecule is COc1ccc(Cl)cc1CC(C)CCO. The summed E-state index contributed by atoms with van der Waals surface area (Å²) in [6.07, 6.45) is 1.68. The summed E-state index contributed by atoms with van der Waals surface area (Å²) >= 11 is 5.93. The van der Waals surface area contributed by atoms with Crippen LogP contribution in [0.25, 0.3) is 0 Å². The zero-order valence-corrected chi connectivity index (χ0v) is 9.92. The number of benzene rings is 1. The maximum atomic E-state index is 8.84. The van der Waals surface area contributed by atoms with E-state index in [9.17, 15) is 0 Å². The fraction of sp³-hybridized carbons (Fsp3) is 0.500. The maximum absolute atomic E-state index is 8.84. The second-order valence-electron chi connectivity index (χ2n) is 3.78. The zero-order chi connectivity index (χ0) is 11.3. The standard InChI is InChI=1S/C12H17ClO2/c1-9(5-6-14)7-10-8-11(13)3-4-12(10)15-2/h3-4,8-9,14H,5-7H2,1-2H3. The van der Waals surface area contributed by atoms with Crippen LogP contribution in [0.3, 0.4) is 0 Å². The number of hydrogen-bond donors (Lipinski definition) is 1. The first-order valence-electron chi connectivity index (χ1n) is 5.10. The van der Waals surface area contributed by atoms with E-state index in [-0.39, 0.29) is 6.61 Å². The van der Waals surface area contributed by atoms with Gasteiger partial charge in [0.05, 0.1) is 7.11 Å². The van der Waals surface area contributed by atoms with Crippen molar-refractivity contribution in [1.29, 1.82) is 0 Å². The van der Waals surface area contributed by atoms with E-state index in [1.807, 2.05) is 18.2 Å². The van der Waals surface area contributed by atoms with Gasteiger partial charge in [0, 0.05) is 11.6 Å². The van der Waals surface area contributed by atoms with Crippen molar-refractivity contribution >= 4 is 11.6 Å². The highest BCUT2D eigenvalue weighted by molar-refractivity contribution is 6.30. The van der Waals surface area contributed by atoms with E-state index in [4.69, 9.17) is 21.4 Å². The summed E-state index contributed by atoms with van der Waals surface area (Å²) in [5, 5.41) is 9.56. The summed E-state index contributed by atoms with van der Waals surface area (Å²) in [4.78, 5) is 0.